The van der Waals surface area contributed by atoms with E-state index in [9.17, 15) is 13.6 Å². The van der Waals surface area contributed by atoms with Crippen LogP contribution in [-0.2, 0) is 4.79 Å². The van der Waals surface area contributed by atoms with Gasteiger partial charge in [0.1, 0.15) is 11.6 Å². The van der Waals surface area contributed by atoms with Gasteiger partial charge >= 0.3 is 0 Å². The molecule has 1 atom stereocenters. The molecule has 0 saturated carbocycles. The Morgan fingerprint density at radius 2 is 1.74 bits per heavy atom. The zero-order valence-electron chi connectivity index (χ0n) is 17.7. The number of hydrogen-bond acceptors (Lipinski definition) is 5. The van der Waals surface area contributed by atoms with Crippen LogP contribution in [0.1, 0.15) is 31.7 Å². The lowest BCUT2D eigenvalue weighted by molar-refractivity contribution is -0.126. The van der Waals surface area contributed by atoms with Crippen molar-refractivity contribution in [3.63, 3.8) is 0 Å². The van der Waals surface area contributed by atoms with E-state index in [2.05, 4.69) is 26.9 Å². The predicted molar refractivity (Wildman–Crippen MR) is 117 cm³/mol. The zero-order chi connectivity index (χ0) is 21.8. The van der Waals surface area contributed by atoms with Crippen LogP contribution in [0.5, 0.6) is 0 Å². The second kappa shape index (κ2) is 9.41. The lowest BCUT2D eigenvalue weighted by atomic mass is 10.0. The molecule has 0 N–H and O–H groups in total. The van der Waals surface area contributed by atoms with Crippen LogP contribution in [0.4, 0.5) is 20.4 Å². The van der Waals surface area contributed by atoms with Crippen molar-refractivity contribution in [2.45, 2.75) is 32.2 Å². The van der Waals surface area contributed by atoms with Crippen LogP contribution in [0.25, 0.3) is 6.08 Å². The van der Waals surface area contributed by atoms with Gasteiger partial charge in [-0.2, -0.15) is 0 Å². The Morgan fingerprint density at radius 3 is 2.45 bits per heavy atom. The molecule has 1 aromatic heterocycles. The molecule has 1 aromatic carbocycles. The molecule has 6 nitrogen and oxygen atoms in total. The molecule has 3 heterocycles. The Balaban J connectivity index is 1.32. The third-order valence-corrected chi connectivity index (χ3v) is 6.01. The third-order valence-electron chi connectivity index (χ3n) is 6.01. The molecule has 0 aliphatic carbocycles. The van der Waals surface area contributed by atoms with Gasteiger partial charge in [0.25, 0.3) is 0 Å². The summed E-state index contributed by atoms with van der Waals surface area (Å²) in [7, 11) is 0. The van der Waals surface area contributed by atoms with Gasteiger partial charge in [0.2, 0.25) is 5.91 Å². The lowest BCUT2D eigenvalue weighted by Crippen LogP contribution is -2.48. The second-order valence-electron chi connectivity index (χ2n) is 8.10. The van der Waals surface area contributed by atoms with Gasteiger partial charge in [-0.25, -0.2) is 8.78 Å². The molecule has 1 amide bonds. The van der Waals surface area contributed by atoms with Gasteiger partial charge in [0.15, 0.2) is 11.6 Å². The molecule has 2 aliphatic rings. The van der Waals surface area contributed by atoms with Gasteiger partial charge in [-0.1, -0.05) is 0 Å². The van der Waals surface area contributed by atoms with E-state index in [1.54, 1.807) is 4.90 Å². The van der Waals surface area contributed by atoms with Gasteiger partial charge in [-0.15, -0.1) is 10.2 Å². The van der Waals surface area contributed by atoms with E-state index in [-0.39, 0.29) is 11.5 Å². The number of rotatable bonds is 4. The standard InChI is InChI=1S/C23H27F2N5O/c1-17-4-2-3-11-30(17)22-9-8-21(26-27-22)28-12-14-29(15-13-28)23(31)10-5-18-16-19(24)6-7-20(18)25/h5-10,16-17H,2-4,11-15H2,1H3/b10-5+. The molecule has 2 fully saturated rings. The monoisotopic (exact) mass is 427 g/mol. The number of piperidine rings is 1. The minimum atomic E-state index is -0.559. The number of nitrogens with zero attached hydrogens (tertiary/aromatic N) is 5. The zero-order valence-corrected chi connectivity index (χ0v) is 17.7. The number of aromatic nitrogens is 2. The third kappa shape index (κ3) is 5.00. The highest BCUT2D eigenvalue weighted by atomic mass is 19.1. The van der Waals surface area contributed by atoms with E-state index in [0.29, 0.717) is 32.2 Å². The predicted octanol–water partition coefficient (Wildman–Crippen LogP) is 3.50. The van der Waals surface area contributed by atoms with Gasteiger partial charge in [-0.05, 0) is 62.6 Å². The summed E-state index contributed by atoms with van der Waals surface area (Å²) in [6, 6.07) is 7.68. The number of amides is 1. The summed E-state index contributed by atoms with van der Waals surface area (Å²) in [5, 5.41) is 8.85. The molecule has 0 bridgehead atoms. The van der Waals surface area contributed by atoms with Gasteiger partial charge in [0.05, 0.1) is 0 Å². The Labute approximate surface area is 181 Å². The number of halogens is 2. The average Bonchev–Trinajstić information content (AvgIpc) is 2.80. The van der Waals surface area contributed by atoms with Gasteiger partial charge < -0.3 is 14.7 Å². The maximum absolute atomic E-state index is 13.7. The summed E-state index contributed by atoms with van der Waals surface area (Å²) in [6.45, 7) is 5.58. The average molecular weight is 427 g/mol. The van der Waals surface area contributed by atoms with E-state index in [1.807, 2.05) is 12.1 Å². The fourth-order valence-corrected chi connectivity index (χ4v) is 4.14. The second-order valence-corrected chi connectivity index (χ2v) is 8.10. The summed E-state index contributed by atoms with van der Waals surface area (Å²) in [5.41, 5.74) is 0.0605. The highest BCUT2D eigenvalue weighted by Crippen LogP contribution is 2.24. The van der Waals surface area contributed by atoms with Crippen molar-refractivity contribution in [3.05, 3.63) is 53.6 Å². The Bertz CT molecular complexity index is 941. The maximum atomic E-state index is 13.7. The first kappa shape index (κ1) is 21.2. The Kier molecular flexibility index (Phi) is 6.44. The van der Waals surface area contributed by atoms with Crippen LogP contribution in [0.3, 0.4) is 0 Å². The smallest absolute Gasteiger partial charge is 0.246 e. The molecule has 2 saturated heterocycles. The van der Waals surface area contributed by atoms with E-state index >= 15 is 0 Å². The van der Waals surface area contributed by atoms with Crippen LogP contribution < -0.4 is 9.80 Å². The summed E-state index contributed by atoms with van der Waals surface area (Å²) in [5.74, 6) is 0.404. The molecule has 0 spiro atoms. The first-order valence-electron chi connectivity index (χ1n) is 10.8. The van der Waals surface area contributed by atoms with E-state index < -0.39 is 11.6 Å². The largest absolute Gasteiger partial charge is 0.352 e. The fourth-order valence-electron chi connectivity index (χ4n) is 4.14. The quantitative estimate of drug-likeness (QED) is 0.699. The normalized spacial score (nSPS) is 19.8. The fraction of sp³-hybridized carbons (Fsp3) is 0.435. The topological polar surface area (TPSA) is 52.6 Å². The first-order valence-corrected chi connectivity index (χ1v) is 10.8. The minimum Gasteiger partial charge on any atom is -0.352 e. The van der Waals surface area contributed by atoms with Crippen molar-refractivity contribution in [2.75, 3.05) is 42.5 Å². The highest BCUT2D eigenvalue weighted by molar-refractivity contribution is 5.92. The number of anilines is 2. The Hall–Kier alpha value is -3.03. The molecule has 4 rings (SSSR count). The van der Waals surface area contributed by atoms with Crippen molar-refractivity contribution in [3.8, 4) is 0 Å². The SMILES string of the molecule is CC1CCCCN1c1ccc(N2CCN(C(=O)/C=C/c3cc(F)ccc3F)CC2)nn1. The number of piperazine rings is 1. The number of carbonyl (C=O) groups excluding carboxylic acids is 1. The molecule has 2 aromatic rings. The van der Waals surface area contributed by atoms with Crippen LogP contribution in [0, 0.1) is 11.6 Å². The molecule has 8 heteroatoms. The highest BCUT2D eigenvalue weighted by Gasteiger charge is 2.23. The van der Waals surface area contributed by atoms with Crippen LogP contribution in [0.2, 0.25) is 0 Å². The summed E-state index contributed by atoms with van der Waals surface area (Å²) in [6.07, 6.45) is 6.24. The van der Waals surface area contributed by atoms with Crippen LogP contribution in [-0.4, -0.2) is 59.8 Å². The van der Waals surface area contributed by atoms with Crippen molar-refractivity contribution >= 4 is 23.6 Å². The lowest BCUT2D eigenvalue weighted by Gasteiger charge is -2.36. The molecule has 164 valence electrons. The number of carbonyl (C=O) groups is 1. The maximum Gasteiger partial charge on any atom is 0.246 e. The molecule has 2 aliphatic heterocycles. The number of benzene rings is 1. The Morgan fingerprint density at radius 1 is 1.00 bits per heavy atom. The molecule has 0 radical (unpaired) electrons. The molecular formula is C23H27F2N5O. The van der Waals surface area contributed by atoms with Crippen LogP contribution >= 0.6 is 0 Å². The minimum absolute atomic E-state index is 0.0605. The van der Waals surface area contributed by atoms with Gasteiger partial charge in [-0.3, -0.25) is 4.79 Å². The van der Waals surface area contributed by atoms with E-state index in [4.69, 9.17) is 0 Å². The van der Waals surface area contributed by atoms with Crippen molar-refractivity contribution in [1.82, 2.24) is 15.1 Å². The summed E-state index contributed by atoms with van der Waals surface area (Å²) < 4.78 is 27.0. The van der Waals surface area contributed by atoms with Crippen LogP contribution in [0.15, 0.2) is 36.4 Å². The van der Waals surface area contributed by atoms with E-state index in [1.165, 1.54) is 31.4 Å². The molecule has 1 unspecified atom stereocenters. The van der Waals surface area contributed by atoms with Crippen molar-refractivity contribution < 1.29 is 13.6 Å². The molecular weight excluding hydrogens is 400 g/mol. The summed E-state index contributed by atoms with van der Waals surface area (Å²) in [4.78, 5) is 18.5. The van der Waals surface area contributed by atoms with Crippen molar-refractivity contribution in [2.24, 2.45) is 0 Å². The van der Waals surface area contributed by atoms with Gasteiger partial charge in [0, 0.05) is 50.4 Å². The molecule has 31 heavy (non-hydrogen) atoms. The first-order chi connectivity index (χ1) is 15.0. The summed E-state index contributed by atoms with van der Waals surface area (Å²) >= 11 is 0. The number of hydrogen-bond donors (Lipinski definition) is 0. The van der Waals surface area contributed by atoms with Crippen molar-refractivity contribution in [1.29, 1.82) is 0 Å². The van der Waals surface area contributed by atoms with E-state index in [0.717, 1.165) is 36.4 Å².